The molecular formula is C20H25NO4. The fraction of sp³-hybridized carbons (Fsp3) is 0.400. The number of ether oxygens (including phenoxy) is 3. The summed E-state index contributed by atoms with van der Waals surface area (Å²) in [5.41, 5.74) is 2.22. The summed E-state index contributed by atoms with van der Waals surface area (Å²) in [6, 6.07) is 16.0. The molecule has 2 atom stereocenters. The molecule has 1 N–H and O–H groups in total. The maximum absolute atomic E-state index is 9.95. The molecule has 0 aliphatic carbocycles. The first-order valence-corrected chi connectivity index (χ1v) is 8.47. The molecule has 1 fully saturated rings. The van der Waals surface area contributed by atoms with E-state index in [0.29, 0.717) is 32.1 Å². The van der Waals surface area contributed by atoms with Crippen LogP contribution in [0.25, 0.3) is 0 Å². The SMILES string of the molecule is COc1cc(CN(C)[C@@H]2COC[C@H]2O)ccc1OCc1ccccc1. The third-order valence-corrected chi connectivity index (χ3v) is 4.48. The Labute approximate surface area is 148 Å². The van der Waals surface area contributed by atoms with Gasteiger partial charge in [-0.25, -0.2) is 0 Å². The topological polar surface area (TPSA) is 51.2 Å². The van der Waals surface area contributed by atoms with Crippen LogP contribution in [-0.4, -0.2) is 49.5 Å². The van der Waals surface area contributed by atoms with E-state index in [1.165, 1.54) is 0 Å². The zero-order valence-electron chi connectivity index (χ0n) is 14.7. The van der Waals surface area contributed by atoms with E-state index in [1.807, 2.05) is 55.6 Å². The number of rotatable bonds is 7. The standard InChI is InChI=1S/C20H25NO4/c1-21(17-13-24-14-18(17)22)11-16-8-9-19(20(10-16)23-2)25-12-15-6-4-3-5-7-15/h3-10,17-18,22H,11-14H2,1-2H3/t17-,18-/m1/s1. The molecule has 5 heteroatoms. The number of nitrogens with zero attached hydrogens (tertiary/aromatic N) is 1. The van der Waals surface area contributed by atoms with Gasteiger partial charge in [0.15, 0.2) is 11.5 Å². The molecule has 1 saturated heterocycles. The zero-order chi connectivity index (χ0) is 17.6. The van der Waals surface area contributed by atoms with Crippen molar-refractivity contribution in [2.24, 2.45) is 0 Å². The van der Waals surface area contributed by atoms with Gasteiger partial charge in [0.05, 0.1) is 32.5 Å². The number of benzene rings is 2. The molecule has 0 unspecified atom stereocenters. The normalized spacial score (nSPS) is 20.0. The largest absolute Gasteiger partial charge is 0.493 e. The number of aliphatic hydroxyl groups is 1. The van der Waals surface area contributed by atoms with E-state index in [1.54, 1.807) is 7.11 Å². The van der Waals surface area contributed by atoms with Gasteiger partial charge in [-0.3, -0.25) is 4.90 Å². The van der Waals surface area contributed by atoms with Crippen molar-refractivity contribution < 1.29 is 19.3 Å². The Kier molecular flexibility index (Phi) is 5.91. The molecule has 0 saturated carbocycles. The summed E-state index contributed by atoms with van der Waals surface area (Å²) in [4.78, 5) is 2.11. The van der Waals surface area contributed by atoms with Crippen molar-refractivity contribution in [3.8, 4) is 11.5 Å². The first kappa shape index (κ1) is 17.7. The van der Waals surface area contributed by atoms with E-state index in [0.717, 1.165) is 16.9 Å². The molecule has 1 aliphatic rings. The number of hydrogen-bond donors (Lipinski definition) is 1. The summed E-state index contributed by atoms with van der Waals surface area (Å²) in [5, 5.41) is 9.95. The van der Waals surface area contributed by atoms with Crippen LogP contribution < -0.4 is 9.47 Å². The van der Waals surface area contributed by atoms with E-state index < -0.39 is 6.10 Å². The second kappa shape index (κ2) is 8.34. The summed E-state index contributed by atoms with van der Waals surface area (Å²) in [6.07, 6.45) is -0.430. The molecule has 0 spiro atoms. The second-order valence-electron chi connectivity index (χ2n) is 6.35. The van der Waals surface area contributed by atoms with Crippen molar-refractivity contribution in [3.63, 3.8) is 0 Å². The predicted octanol–water partition coefficient (Wildman–Crippen LogP) is 2.47. The third-order valence-electron chi connectivity index (χ3n) is 4.48. The lowest BCUT2D eigenvalue weighted by Gasteiger charge is -2.25. The van der Waals surface area contributed by atoms with Crippen LogP contribution in [0.1, 0.15) is 11.1 Å². The van der Waals surface area contributed by atoms with Crippen molar-refractivity contribution >= 4 is 0 Å². The lowest BCUT2D eigenvalue weighted by atomic mass is 10.1. The first-order chi connectivity index (χ1) is 12.2. The highest BCUT2D eigenvalue weighted by atomic mass is 16.5. The minimum Gasteiger partial charge on any atom is -0.493 e. The van der Waals surface area contributed by atoms with Gasteiger partial charge >= 0.3 is 0 Å². The number of methoxy groups -OCH3 is 1. The molecule has 2 aromatic rings. The van der Waals surface area contributed by atoms with Crippen LogP contribution in [0.4, 0.5) is 0 Å². The Morgan fingerprint density at radius 1 is 1.08 bits per heavy atom. The van der Waals surface area contributed by atoms with E-state index in [2.05, 4.69) is 4.90 Å². The van der Waals surface area contributed by atoms with E-state index in [4.69, 9.17) is 14.2 Å². The van der Waals surface area contributed by atoms with Crippen LogP contribution in [0.2, 0.25) is 0 Å². The van der Waals surface area contributed by atoms with Gasteiger partial charge in [0.2, 0.25) is 0 Å². The minimum atomic E-state index is -0.430. The van der Waals surface area contributed by atoms with Crippen LogP contribution in [0.15, 0.2) is 48.5 Å². The molecule has 0 aromatic heterocycles. The quantitative estimate of drug-likeness (QED) is 0.837. The lowest BCUT2D eigenvalue weighted by molar-refractivity contribution is 0.0925. The molecule has 5 nitrogen and oxygen atoms in total. The highest BCUT2D eigenvalue weighted by molar-refractivity contribution is 5.43. The van der Waals surface area contributed by atoms with E-state index in [-0.39, 0.29) is 6.04 Å². The molecule has 134 valence electrons. The third kappa shape index (κ3) is 4.51. The fourth-order valence-electron chi connectivity index (χ4n) is 3.02. The van der Waals surface area contributed by atoms with Gasteiger partial charge in [0.25, 0.3) is 0 Å². The highest BCUT2D eigenvalue weighted by Gasteiger charge is 2.29. The fourth-order valence-corrected chi connectivity index (χ4v) is 3.02. The van der Waals surface area contributed by atoms with Crippen molar-refractivity contribution in [3.05, 3.63) is 59.7 Å². The number of hydrogen-bond acceptors (Lipinski definition) is 5. The summed E-state index contributed by atoms with van der Waals surface area (Å²) in [6.45, 7) is 2.18. The maximum Gasteiger partial charge on any atom is 0.161 e. The second-order valence-corrected chi connectivity index (χ2v) is 6.35. The molecule has 25 heavy (non-hydrogen) atoms. The van der Waals surface area contributed by atoms with Crippen LogP contribution >= 0.6 is 0 Å². The predicted molar refractivity (Wildman–Crippen MR) is 95.8 cm³/mol. The molecule has 2 aromatic carbocycles. The molecule has 1 aliphatic heterocycles. The zero-order valence-corrected chi connectivity index (χ0v) is 14.7. The Hall–Kier alpha value is -2.08. The molecule has 1 heterocycles. The number of likely N-dealkylation sites (N-methyl/N-ethyl adjacent to an activating group) is 1. The summed E-state index contributed by atoms with van der Waals surface area (Å²) in [5.74, 6) is 1.44. The monoisotopic (exact) mass is 343 g/mol. The van der Waals surface area contributed by atoms with Crippen molar-refractivity contribution in [1.29, 1.82) is 0 Å². The Morgan fingerprint density at radius 3 is 2.56 bits per heavy atom. The van der Waals surface area contributed by atoms with Crippen LogP contribution in [0.5, 0.6) is 11.5 Å². The van der Waals surface area contributed by atoms with Gasteiger partial charge in [-0.1, -0.05) is 36.4 Å². The molecule has 0 amide bonds. The van der Waals surface area contributed by atoms with Gasteiger partial charge in [-0.15, -0.1) is 0 Å². The average molecular weight is 343 g/mol. The lowest BCUT2D eigenvalue weighted by Crippen LogP contribution is -2.39. The summed E-state index contributed by atoms with van der Waals surface area (Å²) in [7, 11) is 3.64. The van der Waals surface area contributed by atoms with Gasteiger partial charge in [0.1, 0.15) is 6.61 Å². The molecule has 0 bridgehead atoms. The van der Waals surface area contributed by atoms with Gasteiger partial charge in [0, 0.05) is 6.54 Å². The first-order valence-electron chi connectivity index (χ1n) is 8.47. The Balaban J connectivity index is 1.64. The summed E-state index contributed by atoms with van der Waals surface area (Å²) >= 11 is 0. The molecule has 0 radical (unpaired) electrons. The highest BCUT2D eigenvalue weighted by Crippen LogP contribution is 2.29. The van der Waals surface area contributed by atoms with Gasteiger partial charge in [-0.2, -0.15) is 0 Å². The Morgan fingerprint density at radius 2 is 1.88 bits per heavy atom. The van der Waals surface area contributed by atoms with Crippen molar-refractivity contribution in [2.75, 3.05) is 27.4 Å². The van der Waals surface area contributed by atoms with Gasteiger partial charge < -0.3 is 19.3 Å². The number of aliphatic hydroxyl groups excluding tert-OH is 1. The Bertz CT molecular complexity index is 677. The molecule has 3 rings (SSSR count). The van der Waals surface area contributed by atoms with E-state index >= 15 is 0 Å². The minimum absolute atomic E-state index is 0.0278. The van der Waals surface area contributed by atoms with Crippen LogP contribution in [-0.2, 0) is 17.9 Å². The van der Waals surface area contributed by atoms with E-state index in [9.17, 15) is 5.11 Å². The van der Waals surface area contributed by atoms with Crippen molar-refractivity contribution in [2.45, 2.75) is 25.3 Å². The smallest absolute Gasteiger partial charge is 0.161 e. The maximum atomic E-state index is 9.95. The summed E-state index contributed by atoms with van der Waals surface area (Å²) < 4.78 is 16.7. The molecular weight excluding hydrogens is 318 g/mol. The van der Waals surface area contributed by atoms with Crippen LogP contribution in [0.3, 0.4) is 0 Å². The van der Waals surface area contributed by atoms with Gasteiger partial charge in [-0.05, 0) is 30.3 Å². The average Bonchev–Trinajstić information content (AvgIpc) is 3.07. The van der Waals surface area contributed by atoms with Crippen molar-refractivity contribution in [1.82, 2.24) is 4.90 Å². The van der Waals surface area contributed by atoms with Crippen LogP contribution in [0, 0.1) is 0 Å².